The maximum Gasteiger partial charge on any atom is 0.225 e. The number of aliphatic hydroxyl groups is 1. The zero-order chi connectivity index (χ0) is 14.0. The molecule has 19 heavy (non-hydrogen) atoms. The Balaban J connectivity index is 2.45. The van der Waals surface area contributed by atoms with Crippen molar-refractivity contribution in [3.05, 3.63) is 52.7 Å². The van der Waals surface area contributed by atoms with Crippen molar-refractivity contribution in [1.82, 2.24) is 4.98 Å². The van der Waals surface area contributed by atoms with Crippen LogP contribution < -0.4 is 4.74 Å². The van der Waals surface area contributed by atoms with Gasteiger partial charge in [0.15, 0.2) is 11.6 Å². The number of aryl methyl sites for hydroxylation is 2. The van der Waals surface area contributed by atoms with E-state index < -0.39 is 11.6 Å². The van der Waals surface area contributed by atoms with E-state index in [4.69, 9.17) is 4.74 Å². The van der Waals surface area contributed by atoms with Gasteiger partial charge in [0.1, 0.15) is 5.82 Å². The van der Waals surface area contributed by atoms with E-state index >= 15 is 0 Å². The van der Waals surface area contributed by atoms with Gasteiger partial charge in [0.2, 0.25) is 5.88 Å². The zero-order valence-electron chi connectivity index (χ0n) is 10.6. The average molecular weight is 265 g/mol. The number of ether oxygens (including phenoxy) is 1. The van der Waals surface area contributed by atoms with Crippen molar-refractivity contribution in [1.29, 1.82) is 0 Å². The van der Waals surface area contributed by atoms with Crippen molar-refractivity contribution in [3.8, 4) is 11.6 Å². The minimum atomic E-state index is -0.689. The fraction of sp³-hybridized carbons (Fsp3) is 0.214. The third kappa shape index (κ3) is 2.88. The molecule has 0 amide bonds. The Bertz CT molecular complexity index is 615. The molecule has 1 heterocycles. The van der Waals surface area contributed by atoms with Crippen molar-refractivity contribution >= 4 is 0 Å². The maximum absolute atomic E-state index is 13.5. The summed E-state index contributed by atoms with van der Waals surface area (Å²) in [6.07, 6.45) is 0. The van der Waals surface area contributed by atoms with Gasteiger partial charge in [-0.2, -0.15) is 0 Å². The minimum Gasteiger partial charge on any atom is -0.435 e. The molecule has 0 saturated heterocycles. The molecule has 0 aliphatic carbocycles. The summed E-state index contributed by atoms with van der Waals surface area (Å²) in [4.78, 5) is 4.10. The normalized spacial score (nSPS) is 10.6. The molecule has 100 valence electrons. The van der Waals surface area contributed by atoms with E-state index in [9.17, 15) is 13.9 Å². The summed E-state index contributed by atoms with van der Waals surface area (Å²) in [5, 5.41) is 9.30. The number of benzene rings is 1. The van der Waals surface area contributed by atoms with Crippen molar-refractivity contribution in [2.45, 2.75) is 20.5 Å². The van der Waals surface area contributed by atoms with E-state index in [2.05, 4.69) is 4.98 Å². The first-order valence-electron chi connectivity index (χ1n) is 5.72. The monoisotopic (exact) mass is 265 g/mol. The summed E-state index contributed by atoms with van der Waals surface area (Å²) in [7, 11) is 0. The van der Waals surface area contributed by atoms with Crippen molar-refractivity contribution in [3.63, 3.8) is 0 Å². The molecular weight excluding hydrogens is 252 g/mol. The number of aliphatic hydroxyl groups excluding tert-OH is 1. The molecule has 0 aliphatic rings. The van der Waals surface area contributed by atoms with Crippen LogP contribution in [-0.4, -0.2) is 10.1 Å². The lowest BCUT2D eigenvalue weighted by molar-refractivity contribution is 0.273. The highest BCUT2D eigenvalue weighted by Gasteiger charge is 2.13. The van der Waals surface area contributed by atoms with Crippen LogP contribution >= 0.6 is 0 Å². The number of nitrogens with zero attached hydrogens (tertiary/aromatic N) is 1. The van der Waals surface area contributed by atoms with Crippen molar-refractivity contribution in [2.75, 3.05) is 0 Å². The Morgan fingerprint density at radius 2 is 1.95 bits per heavy atom. The van der Waals surface area contributed by atoms with Gasteiger partial charge in [-0.25, -0.2) is 13.8 Å². The Morgan fingerprint density at radius 3 is 2.63 bits per heavy atom. The largest absolute Gasteiger partial charge is 0.435 e. The van der Waals surface area contributed by atoms with Crippen LogP contribution in [0.3, 0.4) is 0 Å². The Labute approximate surface area is 109 Å². The maximum atomic E-state index is 13.5. The van der Waals surface area contributed by atoms with Gasteiger partial charge in [-0.05, 0) is 37.6 Å². The number of rotatable bonds is 3. The van der Waals surface area contributed by atoms with Crippen molar-refractivity contribution < 1.29 is 18.6 Å². The van der Waals surface area contributed by atoms with Gasteiger partial charge in [-0.1, -0.05) is 0 Å². The van der Waals surface area contributed by atoms with Crippen LogP contribution in [-0.2, 0) is 6.61 Å². The van der Waals surface area contributed by atoms with E-state index in [0.717, 1.165) is 23.8 Å². The smallest absolute Gasteiger partial charge is 0.225 e. The highest BCUT2D eigenvalue weighted by Crippen LogP contribution is 2.28. The molecule has 0 bridgehead atoms. The fourth-order valence-electron chi connectivity index (χ4n) is 1.77. The third-order valence-electron chi connectivity index (χ3n) is 2.70. The second kappa shape index (κ2) is 5.32. The molecule has 0 spiro atoms. The second-order valence-corrected chi connectivity index (χ2v) is 4.20. The Hall–Kier alpha value is -2.01. The van der Waals surface area contributed by atoms with Gasteiger partial charge in [0.25, 0.3) is 0 Å². The van der Waals surface area contributed by atoms with E-state index in [1.165, 1.54) is 0 Å². The van der Waals surface area contributed by atoms with E-state index in [0.29, 0.717) is 11.3 Å². The zero-order valence-corrected chi connectivity index (χ0v) is 10.6. The molecule has 3 nitrogen and oxygen atoms in total. The van der Waals surface area contributed by atoms with E-state index in [1.54, 1.807) is 19.9 Å². The minimum absolute atomic E-state index is 0.0875. The van der Waals surface area contributed by atoms with Crippen LogP contribution in [0.5, 0.6) is 11.6 Å². The van der Waals surface area contributed by atoms with E-state index in [1.807, 2.05) is 0 Å². The first kappa shape index (κ1) is 13.4. The van der Waals surface area contributed by atoms with Gasteiger partial charge >= 0.3 is 0 Å². The highest BCUT2D eigenvalue weighted by atomic mass is 19.1. The number of hydrogen-bond donors (Lipinski definition) is 1. The predicted molar refractivity (Wildman–Crippen MR) is 66.1 cm³/mol. The first-order valence-corrected chi connectivity index (χ1v) is 5.72. The van der Waals surface area contributed by atoms with Crippen LogP contribution in [0.1, 0.15) is 16.8 Å². The molecule has 1 N–H and O–H groups in total. The summed E-state index contributed by atoms with van der Waals surface area (Å²) in [5.74, 6) is -1.46. The summed E-state index contributed by atoms with van der Waals surface area (Å²) >= 11 is 0. The van der Waals surface area contributed by atoms with Crippen LogP contribution in [0.15, 0.2) is 24.3 Å². The topological polar surface area (TPSA) is 42.4 Å². The molecule has 0 radical (unpaired) electrons. The molecule has 0 aliphatic heterocycles. The lowest BCUT2D eigenvalue weighted by Crippen LogP contribution is -2.01. The van der Waals surface area contributed by atoms with Gasteiger partial charge in [0.05, 0.1) is 6.61 Å². The number of pyridine rings is 1. The molecule has 5 heteroatoms. The average Bonchev–Trinajstić information content (AvgIpc) is 2.33. The Kier molecular flexibility index (Phi) is 3.76. The lowest BCUT2D eigenvalue weighted by atomic mass is 10.1. The summed E-state index contributed by atoms with van der Waals surface area (Å²) in [6, 6.07) is 4.70. The molecular formula is C14H13F2NO2. The number of aromatic nitrogens is 1. The molecule has 2 aromatic rings. The SMILES string of the molecule is Cc1cc(C)c(CO)c(Oc2cc(F)ccc2F)n1. The van der Waals surface area contributed by atoms with Gasteiger partial charge < -0.3 is 9.84 Å². The Morgan fingerprint density at radius 1 is 1.21 bits per heavy atom. The lowest BCUT2D eigenvalue weighted by Gasteiger charge is -2.12. The summed E-state index contributed by atoms with van der Waals surface area (Å²) < 4.78 is 31.9. The third-order valence-corrected chi connectivity index (χ3v) is 2.70. The van der Waals surface area contributed by atoms with Gasteiger partial charge in [-0.15, -0.1) is 0 Å². The molecule has 0 unspecified atom stereocenters. The quantitative estimate of drug-likeness (QED) is 0.926. The number of halogens is 2. The molecule has 0 fully saturated rings. The second-order valence-electron chi connectivity index (χ2n) is 4.20. The molecule has 2 rings (SSSR count). The van der Waals surface area contributed by atoms with Crippen LogP contribution in [0.2, 0.25) is 0 Å². The summed E-state index contributed by atoms with van der Waals surface area (Å²) in [6.45, 7) is 3.25. The van der Waals surface area contributed by atoms with E-state index in [-0.39, 0.29) is 18.2 Å². The molecule has 1 aromatic carbocycles. The molecule has 1 aromatic heterocycles. The highest BCUT2D eigenvalue weighted by molar-refractivity contribution is 5.38. The van der Waals surface area contributed by atoms with Gasteiger partial charge in [-0.3, -0.25) is 0 Å². The molecule has 0 atom stereocenters. The standard InChI is InChI=1S/C14H13F2NO2/c1-8-5-9(2)17-14(11(8)7-18)19-13-6-10(15)3-4-12(13)16/h3-6,18H,7H2,1-2H3. The van der Waals surface area contributed by atoms with Crippen LogP contribution in [0.4, 0.5) is 8.78 Å². The van der Waals surface area contributed by atoms with Crippen molar-refractivity contribution in [2.24, 2.45) is 0 Å². The van der Waals surface area contributed by atoms with Gasteiger partial charge in [0, 0.05) is 17.3 Å². The van der Waals surface area contributed by atoms with Crippen LogP contribution in [0.25, 0.3) is 0 Å². The predicted octanol–water partition coefficient (Wildman–Crippen LogP) is 3.26. The molecule has 0 saturated carbocycles. The number of hydrogen-bond acceptors (Lipinski definition) is 3. The van der Waals surface area contributed by atoms with Crippen LogP contribution in [0, 0.1) is 25.5 Å². The first-order chi connectivity index (χ1) is 9.01. The fourth-order valence-corrected chi connectivity index (χ4v) is 1.77. The summed E-state index contributed by atoms with van der Waals surface area (Å²) in [5.41, 5.74) is 1.90.